The maximum atomic E-state index is 9.64. The van der Waals surface area contributed by atoms with Crippen LogP contribution in [0.4, 0.5) is 0 Å². The summed E-state index contributed by atoms with van der Waals surface area (Å²) < 4.78 is 2.29. The number of hydrogen-bond acceptors (Lipinski definition) is 3. The molecule has 0 N–H and O–H groups in total. The van der Waals surface area contributed by atoms with Gasteiger partial charge in [-0.3, -0.25) is 0 Å². The lowest BCUT2D eigenvalue weighted by atomic mass is 9.67. The van der Waals surface area contributed by atoms with E-state index in [4.69, 9.17) is 4.98 Å². The van der Waals surface area contributed by atoms with Gasteiger partial charge in [0, 0.05) is 42.6 Å². The van der Waals surface area contributed by atoms with Gasteiger partial charge in [-0.15, -0.1) is 0 Å². The molecule has 1 aliphatic heterocycles. The number of rotatable bonds is 3. The van der Waals surface area contributed by atoms with Gasteiger partial charge >= 0.3 is 0 Å². The van der Waals surface area contributed by atoms with E-state index in [0.29, 0.717) is 5.56 Å². The molecular weight excluding hydrogens is 759 g/mol. The smallest absolute Gasteiger partial charge is 0.0991 e. The van der Waals surface area contributed by atoms with E-state index in [0.717, 1.165) is 66.2 Å². The molecule has 0 saturated heterocycles. The molecule has 2 aromatic heterocycles. The van der Waals surface area contributed by atoms with Gasteiger partial charge in [-0.1, -0.05) is 145 Å². The van der Waals surface area contributed by atoms with Gasteiger partial charge in [-0.2, -0.15) is 5.26 Å². The van der Waals surface area contributed by atoms with Crippen molar-refractivity contribution in [3.8, 4) is 45.3 Å². The molecule has 0 atom stereocenters. The zero-order chi connectivity index (χ0) is 40.2. The van der Waals surface area contributed by atoms with E-state index in [9.17, 15) is 5.26 Å². The Balaban J connectivity index is 0.986. The Morgan fingerprint density at radius 1 is 0.443 bits per heavy atom. The minimum atomic E-state index is -0.450. The molecule has 0 saturated carbocycles. The summed E-state index contributed by atoms with van der Waals surface area (Å²) in [5.41, 5.74) is 16.8. The third kappa shape index (κ3) is 4.78. The number of hydrogen-bond donors (Lipinski definition) is 0. The number of para-hydroxylation sites is 2. The van der Waals surface area contributed by atoms with E-state index in [1.807, 2.05) is 23.9 Å². The van der Waals surface area contributed by atoms with Crippen molar-refractivity contribution in [2.75, 3.05) is 0 Å². The van der Waals surface area contributed by atoms with E-state index < -0.39 is 5.41 Å². The molecule has 1 aliphatic carbocycles. The predicted octanol–water partition coefficient (Wildman–Crippen LogP) is 14.5. The second kappa shape index (κ2) is 12.9. The average molecular weight is 792 g/mol. The zero-order valence-corrected chi connectivity index (χ0v) is 33.6. The molecule has 0 unspecified atom stereocenters. The van der Waals surface area contributed by atoms with Crippen LogP contribution in [0.3, 0.4) is 0 Å². The van der Waals surface area contributed by atoms with Crippen LogP contribution in [-0.2, 0) is 5.41 Å². The molecule has 0 bridgehead atoms. The number of nitriles is 1. The first kappa shape index (κ1) is 34.2. The molecule has 13 rings (SSSR count). The van der Waals surface area contributed by atoms with Gasteiger partial charge in [0.05, 0.1) is 39.3 Å². The summed E-state index contributed by atoms with van der Waals surface area (Å²) in [4.78, 5) is 8.00. The molecule has 0 radical (unpaired) electrons. The number of pyridine rings is 1. The Morgan fingerprint density at radius 2 is 1.11 bits per heavy atom. The van der Waals surface area contributed by atoms with E-state index >= 15 is 0 Å². The summed E-state index contributed by atoms with van der Waals surface area (Å²) in [7, 11) is 0. The minimum absolute atomic E-state index is 0.450. The first-order chi connectivity index (χ1) is 30.2. The Kier molecular flexibility index (Phi) is 7.22. The quantitative estimate of drug-likeness (QED) is 0.167. The van der Waals surface area contributed by atoms with Crippen LogP contribution in [0.2, 0.25) is 0 Å². The van der Waals surface area contributed by atoms with E-state index in [2.05, 4.69) is 199 Å². The van der Waals surface area contributed by atoms with Crippen LogP contribution in [0.5, 0.6) is 0 Å². The molecule has 0 fully saturated rings. The molecule has 0 amide bonds. The molecule has 3 nitrogen and oxygen atoms in total. The predicted molar refractivity (Wildman–Crippen MR) is 251 cm³/mol. The highest BCUT2D eigenvalue weighted by atomic mass is 32.2. The van der Waals surface area contributed by atoms with Gasteiger partial charge in [0.1, 0.15) is 0 Å². The van der Waals surface area contributed by atoms with Crippen molar-refractivity contribution in [3.05, 3.63) is 228 Å². The van der Waals surface area contributed by atoms with Crippen molar-refractivity contribution in [1.29, 1.82) is 5.26 Å². The van der Waals surface area contributed by atoms with Crippen LogP contribution >= 0.6 is 11.8 Å². The summed E-state index contributed by atoms with van der Waals surface area (Å²) in [6.07, 6.45) is 0. The monoisotopic (exact) mass is 791 g/mol. The largest absolute Gasteiger partial charge is 0.309 e. The van der Waals surface area contributed by atoms with Crippen LogP contribution in [0.25, 0.3) is 82.7 Å². The topological polar surface area (TPSA) is 41.6 Å². The van der Waals surface area contributed by atoms with Crippen LogP contribution in [0.1, 0.15) is 27.8 Å². The normalized spacial score (nSPS) is 13.3. The van der Waals surface area contributed by atoms with Crippen LogP contribution in [-0.4, -0.2) is 9.55 Å². The van der Waals surface area contributed by atoms with Gasteiger partial charge < -0.3 is 4.57 Å². The first-order valence-corrected chi connectivity index (χ1v) is 21.5. The van der Waals surface area contributed by atoms with Crippen molar-refractivity contribution < 1.29 is 0 Å². The fraction of sp³-hybridized carbons (Fsp3) is 0.0175. The molecule has 282 valence electrons. The summed E-state index contributed by atoms with van der Waals surface area (Å²) in [5, 5.41) is 15.4. The molecule has 11 aromatic rings. The minimum Gasteiger partial charge on any atom is -0.309 e. The second-order valence-electron chi connectivity index (χ2n) is 16.1. The lowest BCUT2D eigenvalue weighted by Crippen LogP contribution is -2.32. The molecule has 9 aromatic carbocycles. The van der Waals surface area contributed by atoms with Gasteiger partial charge in [0.15, 0.2) is 0 Å². The zero-order valence-electron chi connectivity index (χ0n) is 32.8. The fourth-order valence-electron chi connectivity index (χ4n) is 10.5. The van der Waals surface area contributed by atoms with Crippen LogP contribution < -0.4 is 0 Å². The molecule has 2 aliphatic rings. The third-order valence-electron chi connectivity index (χ3n) is 13.1. The summed E-state index contributed by atoms with van der Waals surface area (Å²) in [6.45, 7) is 0. The highest BCUT2D eigenvalue weighted by Gasteiger charge is 2.50. The summed E-state index contributed by atoms with van der Waals surface area (Å²) in [5.74, 6) is 0. The standard InChI is InChI=1S/C57H33N3S/c58-34-35-24-29-53-45(30-35)43-17-4-9-22-52(43)60(53)39-27-25-36(26-28-39)37-12-11-13-38(31-37)56-46-33-55-50(32-44(46)42-16-3-8-21-51(42)59-56)57(49-20-7-10-23-54(49)61-55)47-18-5-1-14-40(47)41-15-2-6-19-48(41)57/h1-33H. The molecule has 61 heavy (non-hydrogen) atoms. The Labute approximate surface area is 356 Å². The number of aromatic nitrogens is 2. The average Bonchev–Trinajstić information content (AvgIpc) is 3.81. The maximum Gasteiger partial charge on any atom is 0.0991 e. The lowest BCUT2D eigenvalue weighted by molar-refractivity contribution is 0.724. The number of fused-ring (bicyclic) bond motifs is 15. The van der Waals surface area contributed by atoms with Gasteiger partial charge in [-0.25, -0.2) is 4.98 Å². The molecule has 1 spiro atoms. The third-order valence-corrected chi connectivity index (χ3v) is 14.2. The van der Waals surface area contributed by atoms with Crippen molar-refractivity contribution in [2.24, 2.45) is 0 Å². The van der Waals surface area contributed by atoms with Gasteiger partial charge in [0.25, 0.3) is 0 Å². The number of nitrogens with zero attached hydrogens (tertiary/aromatic N) is 3. The molecular formula is C57H33N3S. The van der Waals surface area contributed by atoms with Crippen molar-refractivity contribution in [3.63, 3.8) is 0 Å². The Morgan fingerprint density at radius 3 is 1.92 bits per heavy atom. The number of benzene rings is 9. The van der Waals surface area contributed by atoms with Gasteiger partial charge in [0.2, 0.25) is 0 Å². The van der Waals surface area contributed by atoms with E-state index in [1.54, 1.807) is 0 Å². The van der Waals surface area contributed by atoms with E-state index in [1.165, 1.54) is 48.6 Å². The van der Waals surface area contributed by atoms with Crippen molar-refractivity contribution in [2.45, 2.75) is 15.2 Å². The Bertz CT molecular complexity index is 3660. The van der Waals surface area contributed by atoms with Gasteiger partial charge in [-0.05, 0) is 117 Å². The van der Waals surface area contributed by atoms with Crippen LogP contribution in [0.15, 0.2) is 210 Å². The summed E-state index contributed by atoms with van der Waals surface area (Å²) >= 11 is 1.88. The lowest BCUT2D eigenvalue weighted by Gasteiger charge is -2.40. The first-order valence-electron chi connectivity index (χ1n) is 20.7. The molecule has 3 heterocycles. The van der Waals surface area contributed by atoms with Crippen LogP contribution in [0, 0.1) is 11.3 Å². The van der Waals surface area contributed by atoms with E-state index in [-0.39, 0.29) is 0 Å². The van der Waals surface area contributed by atoms with Crippen molar-refractivity contribution in [1.82, 2.24) is 9.55 Å². The highest BCUT2D eigenvalue weighted by molar-refractivity contribution is 7.99. The Hall–Kier alpha value is -7.71. The molecule has 4 heteroatoms. The highest BCUT2D eigenvalue weighted by Crippen LogP contribution is 2.62. The van der Waals surface area contributed by atoms with Crippen molar-refractivity contribution >= 4 is 55.2 Å². The fourth-order valence-corrected chi connectivity index (χ4v) is 11.7. The summed E-state index contributed by atoms with van der Waals surface area (Å²) in [6, 6.07) is 74.9. The SMILES string of the molecule is N#Cc1ccc2c(c1)c1ccccc1n2-c1ccc(-c2cccc(-c3nc4ccccc4c4cc5c(cc34)Sc3ccccc3C53c4ccccc4-c4ccccc43)c2)cc1. The second-order valence-corrected chi connectivity index (χ2v) is 17.2. The maximum absolute atomic E-state index is 9.64.